The van der Waals surface area contributed by atoms with Crippen LogP contribution < -0.4 is 5.32 Å². The summed E-state index contributed by atoms with van der Waals surface area (Å²) in [4.78, 5) is 34.3. The van der Waals surface area contributed by atoms with E-state index in [0.29, 0.717) is 18.0 Å². The number of benzene rings is 1. The van der Waals surface area contributed by atoms with Crippen LogP contribution in [0.1, 0.15) is 57.4 Å². The van der Waals surface area contributed by atoms with Crippen molar-refractivity contribution >= 4 is 23.5 Å². The van der Waals surface area contributed by atoms with Crippen molar-refractivity contribution in [1.82, 2.24) is 0 Å². The fourth-order valence-electron chi connectivity index (χ4n) is 3.79. The number of hydrogen-bond acceptors (Lipinski definition) is 4. The molecule has 1 aliphatic carbocycles. The number of ether oxygens (including phenoxy) is 1. The molecule has 2 N–H and O–H groups in total. The van der Waals surface area contributed by atoms with Crippen LogP contribution in [0.4, 0.5) is 5.69 Å². The lowest BCUT2D eigenvalue weighted by Gasteiger charge is -2.38. The molecule has 142 valence electrons. The Kier molecular flexibility index (Phi) is 6.40. The lowest BCUT2D eigenvalue weighted by Crippen LogP contribution is -2.37. The Morgan fingerprint density at radius 2 is 1.73 bits per heavy atom. The molecule has 0 heterocycles. The molecular weight excluding hydrogens is 334 g/mol. The number of hydrogen-bond donors (Lipinski definition) is 2. The standard InChI is InChI=1S/C20H27NO5/c1-4-20(2,19(24)25)15-9-5-13(6-10-15)14-7-11-16(12-8-14)21-17(22)18(23)26-3/h7-8,11-13,15H,4-6,9-10H2,1-3H3,(H,21,22)(H,24,25). The number of carbonyl (C=O) groups is 3. The van der Waals surface area contributed by atoms with Crippen LogP contribution in [0.15, 0.2) is 24.3 Å². The molecule has 1 fully saturated rings. The highest BCUT2D eigenvalue weighted by Crippen LogP contribution is 2.45. The number of carboxylic acid groups (broad SMARTS) is 1. The zero-order valence-electron chi connectivity index (χ0n) is 15.6. The zero-order valence-corrected chi connectivity index (χ0v) is 15.6. The number of carboxylic acids is 1. The molecule has 1 aliphatic rings. The largest absolute Gasteiger partial charge is 0.481 e. The van der Waals surface area contributed by atoms with Gasteiger partial charge >= 0.3 is 17.8 Å². The van der Waals surface area contributed by atoms with Crippen LogP contribution in [-0.4, -0.2) is 30.1 Å². The van der Waals surface area contributed by atoms with Gasteiger partial charge in [-0.1, -0.05) is 19.1 Å². The normalized spacial score (nSPS) is 22.1. The van der Waals surface area contributed by atoms with Crippen molar-refractivity contribution in [3.63, 3.8) is 0 Å². The Balaban J connectivity index is 1.96. The molecule has 0 spiro atoms. The maximum Gasteiger partial charge on any atom is 0.396 e. The van der Waals surface area contributed by atoms with Crippen LogP contribution in [0.3, 0.4) is 0 Å². The first-order valence-electron chi connectivity index (χ1n) is 9.04. The summed E-state index contributed by atoms with van der Waals surface area (Å²) in [7, 11) is 1.16. The molecule has 0 bridgehead atoms. The molecule has 1 unspecified atom stereocenters. The lowest BCUT2D eigenvalue weighted by molar-refractivity contribution is -0.152. The Morgan fingerprint density at radius 3 is 2.19 bits per heavy atom. The number of aliphatic carboxylic acids is 1. The predicted octanol–water partition coefficient (Wildman–Crippen LogP) is 3.57. The van der Waals surface area contributed by atoms with E-state index in [1.165, 1.54) is 5.56 Å². The van der Waals surface area contributed by atoms with Gasteiger partial charge in [0.25, 0.3) is 0 Å². The van der Waals surface area contributed by atoms with E-state index in [1.807, 2.05) is 26.0 Å². The van der Waals surface area contributed by atoms with E-state index in [2.05, 4.69) is 10.1 Å². The molecule has 0 radical (unpaired) electrons. The van der Waals surface area contributed by atoms with E-state index in [0.717, 1.165) is 32.8 Å². The van der Waals surface area contributed by atoms with Crippen LogP contribution in [0.5, 0.6) is 0 Å². The molecular formula is C20H27NO5. The van der Waals surface area contributed by atoms with Gasteiger partial charge in [0.1, 0.15) is 0 Å². The second-order valence-electron chi connectivity index (χ2n) is 7.19. The van der Waals surface area contributed by atoms with Crippen LogP contribution in [0.2, 0.25) is 0 Å². The van der Waals surface area contributed by atoms with E-state index >= 15 is 0 Å². The molecule has 0 saturated heterocycles. The van der Waals surface area contributed by atoms with Gasteiger partial charge in [0.2, 0.25) is 0 Å². The smallest absolute Gasteiger partial charge is 0.396 e. The van der Waals surface area contributed by atoms with Crippen molar-refractivity contribution < 1.29 is 24.2 Å². The summed E-state index contributed by atoms with van der Waals surface area (Å²) >= 11 is 0. The predicted molar refractivity (Wildman–Crippen MR) is 97.8 cm³/mol. The second-order valence-corrected chi connectivity index (χ2v) is 7.19. The van der Waals surface area contributed by atoms with Gasteiger partial charge in [-0.05, 0) is 68.6 Å². The van der Waals surface area contributed by atoms with Crippen LogP contribution >= 0.6 is 0 Å². The molecule has 1 saturated carbocycles. The molecule has 1 atom stereocenters. The van der Waals surface area contributed by atoms with Crippen molar-refractivity contribution in [1.29, 1.82) is 0 Å². The molecule has 6 nitrogen and oxygen atoms in total. The third-order valence-corrected chi connectivity index (χ3v) is 5.86. The van der Waals surface area contributed by atoms with Gasteiger partial charge in [-0.15, -0.1) is 0 Å². The highest BCUT2D eigenvalue weighted by molar-refractivity contribution is 6.37. The summed E-state index contributed by atoms with van der Waals surface area (Å²) in [5, 5.41) is 12.1. The minimum absolute atomic E-state index is 0.208. The molecule has 0 aromatic heterocycles. The summed E-state index contributed by atoms with van der Waals surface area (Å²) < 4.78 is 4.37. The number of anilines is 1. The van der Waals surface area contributed by atoms with Gasteiger partial charge < -0.3 is 15.2 Å². The van der Waals surface area contributed by atoms with Gasteiger partial charge in [0, 0.05) is 5.69 Å². The fraction of sp³-hybridized carbons (Fsp3) is 0.550. The Bertz CT molecular complexity index is 661. The second kappa shape index (κ2) is 8.34. The first kappa shape index (κ1) is 19.9. The van der Waals surface area contributed by atoms with Crippen molar-refractivity contribution in [3.05, 3.63) is 29.8 Å². The van der Waals surface area contributed by atoms with Crippen molar-refractivity contribution in [2.75, 3.05) is 12.4 Å². The molecule has 0 aliphatic heterocycles. The van der Waals surface area contributed by atoms with Crippen molar-refractivity contribution in [2.45, 2.75) is 51.9 Å². The number of carbonyl (C=O) groups excluding carboxylic acids is 2. The van der Waals surface area contributed by atoms with Gasteiger partial charge in [0.05, 0.1) is 12.5 Å². The topological polar surface area (TPSA) is 92.7 Å². The summed E-state index contributed by atoms with van der Waals surface area (Å²) in [5.74, 6) is -1.82. The van der Waals surface area contributed by atoms with Crippen molar-refractivity contribution in [3.8, 4) is 0 Å². The molecule has 1 aromatic carbocycles. The Morgan fingerprint density at radius 1 is 1.15 bits per heavy atom. The van der Waals surface area contributed by atoms with Crippen LogP contribution in [0, 0.1) is 11.3 Å². The average molecular weight is 361 g/mol. The summed E-state index contributed by atoms with van der Waals surface area (Å²) in [6.45, 7) is 3.81. The third kappa shape index (κ3) is 4.23. The quantitative estimate of drug-likeness (QED) is 0.618. The molecule has 2 rings (SSSR count). The summed E-state index contributed by atoms with van der Waals surface area (Å²) in [6, 6.07) is 7.45. The molecule has 26 heavy (non-hydrogen) atoms. The lowest BCUT2D eigenvalue weighted by atomic mass is 9.65. The zero-order chi connectivity index (χ0) is 19.3. The molecule has 6 heteroatoms. The summed E-state index contributed by atoms with van der Waals surface area (Å²) in [5.41, 5.74) is 1.07. The highest BCUT2D eigenvalue weighted by Gasteiger charge is 2.41. The third-order valence-electron chi connectivity index (χ3n) is 5.86. The van der Waals surface area contributed by atoms with E-state index < -0.39 is 23.3 Å². The van der Waals surface area contributed by atoms with Crippen LogP contribution in [0.25, 0.3) is 0 Å². The number of nitrogens with one attached hydrogen (secondary N) is 1. The molecule has 1 aromatic rings. The van der Waals surface area contributed by atoms with E-state index in [4.69, 9.17) is 0 Å². The maximum absolute atomic E-state index is 11.6. The van der Waals surface area contributed by atoms with E-state index in [9.17, 15) is 19.5 Å². The minimum Gasteiger partial charge on any atom is -0.481 e. The number of esters is 1. The fourth-order valence-corrected chi connectivity index (χ4v) is 3.79. The maximum atomic E-state index is 11.6. The Labute approximate surface area is 153 Å². The van der Waals surface area contributed by atoms with Gasteiger partial charge in [0.15, 0.2) is 0 Å². The SMILES string of the molecule is CCC(C)(C(=O)O)C1CCC(c2ccc(NC(=O)C(=O)OC)cc2)CC1. The first-order chi connectivity index (χ1) is 12.3. The number of rotatable bonds is 5. The Hall–Kier alpha value is -2.37. The highest BCUT2D eigenvalue weighted by atomic mass is 16.5. The average Bonchev–Trinajstić information content (AvgIpc) is 2.67. The van der Waals surface area contributed by atoms with E-state index in [1.54, 1.807) is 12.1 Å². The van der Waals surface area contributed by atoms with Crippen molar-refractivity contribution in [2.24, 2.45) is 11.3 Å². The van der Waals surface area contributed by atoms with Gasteiger partial charge in [-0.2, -0.15) is 0 Å². The number of methoxy groups -OCH3 is 1. The van der Waals surface area contributed by atoms with Gasteiger partial charge in [-0.3, -0.25) is 9.59 Å². The van der Waals surface area contributed by atoms with Crippen LogP contribution in [-0.2, 0) is 19.1 Å². The molecule has 1 amide bonds. The minimum atomic E-state index is -0.926. The first-order valence-corrected chi connectivity index (χ1v) is 9.04. The summed E-state index contributed by atoms with van der Waals surface area (Å²) in [6.07, 6.45) is 4.37. The monoisotopic (exact) mass is 361 g/mol. The number of amides is 1. The van der Waals surface area contributed by atoms with Gasteiger partial charge in [-0.25, -0.2) is 4.79 Å². The van der Waals surface area contributed by atoms with E-state index in [-0.39, 0.29) is 5.92 Å².